The van der Waals surface area contributed by atoms with E-state index in [0.717, 1.165) is 35.5 Å². The summed E-state index contributed by atoms with van der Waals surface area (Å²) in [5.41, 5.74) is 1.80. The van der Waals surface area contributed by atoms with Crippen molar-refractivity contribution in [3.63, 3.8) is 0 Å². The molecule has 2 aromatic rings. The normalized spacial score (nSPS) is 20.4. The number of rotatable bonds is 6. The Morgan fingerprint density at radius 1 is 1.38 bits per heavy atom. The van der Waals surface area contributed by atoms with Gasteiger partial charge in [0, 0.05) is 6.04 Å². The van der Waals surface area contributed by atoms with Gasteiger partial charge in [0.15, 0.2) is 0 Å². The van der Waals surface area contributed by atoms with E-state index in [1.54, 1.807) is 11.8 Å². The van der Waals surface area contributed by atoms with Gasteiger partial charge >= 0.3 is 5.97 Å². The van der Waals surface area contributed by atoms with Crippen LogP contribution in [0.3, 0.4) is 0 Å². The van der Waals surface area contributed by atoms with Gasteiger partial charge in [0.1, 0.15) is 12.4 Å². The lowest BCUT2D eigenvalue weighted by atomic mass is 10.0. The number of imidazole rings is 1. The first kappa shape index (κ1) is 16.8. The zero-order valence-corrected chi connectivity index (χ0v) is 14.4. The first-order valence-corrected chi connectivity index (χ1v) is 9.44. The zero-order chi connectivity index (χ0) is 17.1. The molecule has 1 aromatic carbocycles. The first-order chi connectivity index (χ1) is 11.6. The molecule has 1 saturated carbocycles. The van der Waals surface area contributed by atoms with Crippen LogP contribution in [0, 0.1) is 5.92 Å². The van der Waals surface area contributed by atoms with Crippen molar-refractivity contribution in [3.05, 3.63) is 30.1 Å². The summed E-state index contributed by atoms with van der Waals surface area (Å²) in [4.78, 5) is 28.3. The Morgan fingerprint density at radius 2 is 2.17 bits per heavy atom. The van der Waals surface area contributed by atoms with Crippen LogP contribution in [0.2, 0.25) is 0 Å². The molecule has 1 fully saturated rings. The fraction of sp³-hybridized carbons (Fsp3) is 0.471. The first-order valence-electron chi connectivity index (χ1n) is 8.05. The van der Waals surface area contributed by atoms with Crippen LogP contribution in [0.1, 0.15) is 25.1 Å². The highest BCUT2D eigenvalue weighted by atomic mass is 32.2. The quantitative estimate of drug-likeness (QED) is 0.837. The lowest BCUT2D eigenvalue weighted by molar-refractivity contribution is -0.142. The maximum Gasteiger partial charge on any atom is 0.308 e. The van der Waals surface area contributed by atoms with Crippen LogP contribution in [-0.2, 0) is 21.9 Å². The summed E-state index contributed by atoms with van der Waals surface area (Å²) < 4.78 is 1.92. The average Bonchev–Trinajstić information content (AvgIpc) is 3.13. The predicted octanol–water partition coefficient (Wildman–Crippen LogP) is 2.27. The number of aromatic nitrogens is 2. The van der Waals surface area contributed by atoms with Crippen LogP contribution < -0.4 is 5.32 Å². The molecule has 0 bridgehead atoms. The minimum Gasteiger partial charge on any atom is -0.481 e. The van der Waals surface area contributed by atoms with Gasteiger partial charge in [-0.1, -0.05) is 18.6 Å². The van der Waals surface area contributed by atoms with Gasteiger partial charge in [-0.3, -0.25) is 9.59 Å². The number of hydrogen-bond donors (Lipinski definition) is 2. The number of aliphatic carboxylic acids is 1. The van der Waals surface area contributed by atoms with Gasteiger partial charge in [-0.05, 0) is 31.2 Å². The number of nitrogens with zero attached hydrogens (tertiary/aromatic N) is 2. The topological polar surface area (TPSA) is 84.2 Å². The summed E-state index contributed by atoms with van der Waals surface area (Å²) >= 11 is 1.66. The highest BCUT2D eigenvalue weighted by molar-refractivity contribution is 7.97. The van der Waals surface area contributed by atoms with Gasteiger partial charge in [0.05, 0.1) is 22.7 Å². The van der Waals surface area contributed by atoms with E-state index in [9.17, 15) is 14.7 Å². The van der Waals surface area contributed by atoms with Crippen LogP contribution in [0.5, 0.6) is 0 Å². The summed E-state index contributed by atoms with van der Waals surface area (Å²) in [5.74, 6) is 0.134. The van der Waals surface area contributed by atoms with Gasteiger partial charge in [0.25, 0.3) is 0 Å². The second-order valence-corrected chi connectivity index (χ2v) is 6.95. The van der Waals surface area contributed by atoms with Crippen molar-refractivity contribution in [1.82, 2.24) is 14.9 Å². The Hall–Kier alpha value is -2.02. The van der Waals surface area contributed by atoms with Crippen LogP contribution in [0.4, 0.5) is 0 Å². The fourth-order valence-electron chi connectivity index (χ4n) is 3.37. The molecule has 1 amide bonds. The average molecular weight is 347 g/mol. The van der Waals surface area contributed by atoms with Crippen molar-refractivity contribution in [3.8, 4) is 0 Å². The van der Waals surface area contributed by atoms with Crippen molar-refractivity contribution in [1.29, 1.82) is 0 Å². The van der Waals surface area contributed by atoms with Gasteiger partial charge in [-0.15, -0.1) is 0 Å². The SMILES string of the molecule is CSCc1nc2ccccc2n1CC(=O)N[C@@H]1CCC[C@@H]1C(=O)O. The number of thioether (sulfide) groups is 1. The maximum atomic E-state index is 12.5. The van der Waals surface area contributed by atoms with E-state index >= 15 is 0 Å². The minimum atomic E-state index is -0.825. The Labute approximate surface area is 144 Å². The van der Waals surface area contributed by atoms with Crippen LogP contribution in [0.25, 0.3) is 11.0 Å². The number of nitrogens with one attached hydrogen (secondary N) is 1. The van der Waals surface area contributed by atoms with Gasteiger partial charge in [-0.25, -0.2) is 4.98 Å². The van der Waals surface area contributed by atoms with E-state index in [1.807, 2.05) is 35.1 Å². The van der Waals surface area contributed by atoms with E-state index in [4.69, 9.17) is 0 Å². The molecule has 1 heterocycles. The monoisotopic (exact) mass is 347 g/mol. The summed E-state index contributed by atoms with van der Waals surface area (Å²) in [5, 5.41) is 12.1. The molecule has 0 unspecified atom stereocenters. The molecule has 0 aliphatic heterocycles. The van der Waals surface area contributed by atoms with E-state index in [2.05, 4.69) is 10.3 Å². The lowest BCUT2D eigenvalue weighted by Gasteiger charge is -2.18. The third kappa shape index (κ3) is 3.40. The van der Waals surface area contributed by atoms with E-state index in [1.165, 1.54) is 0 Å². The maximum absolute atomic E-state index is 12.5. The number of carboxylic acid groups (broad SMARTS) is 1. The number of benzene rings is 1. The fourth-order valence-corrected chi connectivity index (χ4v) is 3.84. The van der Waals surface area contributed by atoms with E-state index in [-0.39, 0.29) is 18.5 Å². The third-order valence-electron chi connectivity index (χ3n) is 4.49. The van der Waals surface area contributed by atoms with E-state index in [0.29, 0.717) is 6.42 Å². The molecular formula is C17H21N3O3S. The number of carbonyl (C=O) groups excluding carboxylic acids is 1. The lowest BCUT2D eigenvalue weighted by Crippen LogP contribution is -2.41. The Kier molecular flexibility index (Phi) is 5.08. The molecule has 0 saturated heterocycles. The molecule has 24 heavy (non-hydrogen) atoms. The smallest absolute Gasteiger partial charge is 0.308 e. The zero-order valence-electron chi connectivity index (χ0n) is 13.6. The van der Waals surface area contributed by atoms with Crippen LogP contribution in [0.15, 0.2) is 24.3 Å². The summed E-state index contributed by atoms with van der Waals surface area (Å²) in [6, 6.07) is 7.48. The molecule has 2 atom stereocenters. The molecule has 1 aliphatic carbocycles. The molecule has 3 rings (SSSR count). The molecule has 0 spiro atoms. The largest absolute Gasteiger partial charge is 0.481 e. The van der Waals surface area contributed by atoms with Crippen molar-refractivity contribution in [2.75, 3.05) is 6.26 Å². The number of amides is 1. The molecule has 1 aliphatic rings. The highest BCUT2D eigenvalue weighted by Crippen LogP contribution is 2.26. The van der Waals surface area contributed by atoms with Gasteiger partial charge in [0.2, 0.25) is 5.91 Å². The van der Waals surface area contributed by atoms with Gasteiger partial charge in [-0.2, -0.15) is 11.8 Å². The number of fused-ring (bicyclic) bond motifs is 1. The molecule has 6 nitrogen and oxygen atoms in total. The van der Waals surface area contributed by atoms with Crippen molar-refractivity contribution in [2.24, 2.45) is 5.92 Å². The number of hydrogen-bond acceptors (Lipinski definition) is 4. The molecule has 0 radical (unpaired) electrons. The van der Waals surface area contributed by atoms with Crippen molar-refractivity contribution in [2.45, 2.75) is 37.6 Å². The molecule has 2 N–H and O–H groups in total. The van der Waals surface area contributed by atoms with Crippen LogP contribution in [-0.4, -0.2) is 38.8 Å². The summed E-state index contributed by atoms with van der Waals surface area (Å²) in [7, 11) is 0. The summed E-state index contributed by atoms with van der Waals surface area (Å²) in [6.07, 6.45) is 4.20. The number of carbonyl (C=O) groups is 2. The summed E-state index contributed by atoms with van der Waals surface area (Å²) in [6.45, 7) is 0.166. The molecule has 128 valence electrons. The minimum absolute atomic E-state index is 0.154. The highest BCUT2D eigenvalue weighted by Gasteiger charge is 2.33. The Bertz CT molecular complexity index is 759. The third-order valence-corrected chi connectivity index (χ3v) is 5.04. The number of para-hydroxylation sites is 2. The molecule has 7 heteroatoms. The van der Waals surface area contributed by atoms with E-state index < -0.39 is 11.9 Å². The second-order valence-electron chi connectivity index (χ2n) is 6.09. The van der Waals surface area contributed by atoms with Crippen molar-refractivity contribution < 1.29 is 14.7 Å². The van der Waals surface area contributed by atoms with Gasteiger partial charge < -0.3 is 15.0 Å². The standard InChI is InChI=1S/C17H21N3O3S/c1-24-10-15-18-13-6-2-3-8-14(13)20(15)9-16(21)19-12-7-4-5-11(12)17(22)23/h2-3,6,8,11-12H,4-5,7,9-10H2,1H3,(H,19,21)(H,22,23)/t11-,12+/m0/s1. The Balaban J connectivity index is 1.77. The molecular weight excluding hydrogens is 326 g/mol. The Morgan fingerprint density at radius 3 is 2.92 bits per heavy atom. The number of carboxylic acids is 1. The van der Waals surface area contributed by atoms with Crippen molar-refractivity contribution >= 4 is 34.7 Å². The second kappa shape index (κ2) is 7.25. The van der Waals surface area contributed by atoms with Crippen LogP contribution >= 0.6 is 11.8 Å². The predicted molar refractivity (Wildman–Crippen MR) is 93.9 cm³/mol. The molecule has 1 aromatic heterocycles.